The van der Waals surface area contributed by atoms with Gasteiger partial charge in [-0.25, -0.2) is 0 Å². The SMILES string of the molecule is C1CCCC(N2CCNC3(CCCC3)C2)CC1. The summed E-state index contributed by atoms with van der Waals surface area (Å²) in [6.45, 7) is 3.88. The molecule has 98 valence electrons. The number of hydrogen-bond acceptors (Lipinski definition) is 2. The summed E-state index contributed by atoms with van der Waals surface area (Å²) in [6.07, 6.45) is 14.6. The second kappa shape index (κ2) is 5.27. The molecule has 0 amide bonds. The van der Waals surface area contributed by atoms with Crippen LogP contribution in [0.2, 0.25) is 0 Å². The normalized spacial score (nSPS) is 31.8. The van der Waals surface area contributed by atoms with Crippen molar-refractivity contribution in [3.05, 3.63) is 0 Å². The largest absolute Gasteiger partial charge is 0.309 e. The van der Waals surface area contributed by atoms with Gasteiger partial charge in [0.25, 0.3) is 0 Å². The molecule has 3 fully saturated rings. The van der Waals surface area contributed by atoms with Crippen molar-refractivity contribution in [2.24, 2.45) is 0 Å². The molecule has 17 heavy (non-hydrogen) atoms. The Labute approximate surface area is 106 Å². The van der Waals surface area contributed by atoms with E-state index in [1.165, 1.54) is 83.8 Å². The zero-order valence-corrected chi connectivity index (χ0v) is 11.2. The van der Waals surface area contributed by atoms with E-state index in [-0.39, 0.29) is 0 Å². The summed E-state index contributed by atoms with van der Waals surface area (Å²) in [5.74, 6) is 0. The number of nitrogens with one attached hydrogen (secondary N) is 1. The minimum atomic E-state index is 0.518. The third-order valence-corrected chi connectivity index (χ3v) is 5.31. The number of rotatable bonds is 1. The molecule has 2 saturated carbocycles. The molecule has 2 heteroatoms. The lowest BCUT2D eigenvalue weighted by molar-refractivity contribution is 0.0862. The van der Waals surface area contributed by atoms with Crippen molar-refractivity contribution in [2.45, 2.75) is 75.8 Å². The molecule has 0 radical (unpaired) electrons. The zero-order chi connectivity index (χ0) is 11.6. The Morgan fingerprint density at radius 1 is 0.882 bits per heavy atom. The highest BCUT2D eigenvalue weighted by molar-refractivity contribution is 4.99. The smallest absolute Gasteiger partial charge is 0.0309 e. The van der Waals surface area contributed by atoms with Crippen LogP contribution < -0.4 is 5.32 Å². The average molecular weight is 236 g/mol. The van der Waals surface area contributed by atoms with Gasteiger partial charge in [0.05, 0.1) is 0 Å². The third kappa shape index (κ3) is 2.68. The first-order chi connectivity index (χ1) is 8.38. The Bertz CT molecular complexity index is 237. The van der Waals surface area contributed by atoms with Gasteiger partial charge < -0.3 is 5.32 Å². The summed E-state index contributed by atoms with van der Waals surface area (Å²) in [5, 5.41) is 3.84. The standard InChI is InChI=1S/C15H28N2/c1-2-4-8-14(7-3-1)17-12-11-16-15(13-17)9-5-6-10-15/h14,16H,1-13H2. The summed E-state index contributed by atoms with van der Waals surface area (Å²) >= 11 is 0. The second-order valence-corrected chi connectivity index (χ2v) is 6.53. The Morgan fingerprint density at radius 3 is 2.29 bits per heavy atom. The molecular formula is C15H28N2. The van der Waals surface area contributed by atoms with Crippen molar-refractivity contribution in [1.29, 1.82) is 0 Å². The molecule has 0 unspecified atom stereocenters. The molecule has 0 aromatic carbocycles. The summed E-state index contributed by atoms with van der Waals surface area (Å²) in [5.41, 5.74) is 0.518. The first kappa shape index (κ1) is 12.0. The van der Waals surface area contributed by atoms with Crippen molar-refractivity contribution in [3.63, 3.8) is 0 Å². The summed E-state index contributed by atoms with van der Waals surface area (Å²) in [7, 11) is 0. The van der Waals surface area contributed by atoms with Gasteiger partial charge in [-0.3, -0.25) is 4.90 Å². The van der Waals surface area contributed by atoms with Gasteiger partial charge in [-0.1, -0.05) is 38.5 Å². The van der Waals surface area contributed by atoms with Crippen LogP contribution in [0.1, 0.15) is 64.2 Å². The molecule has 1 heterocycles. The maximum absolute atomic E-state index is 3.84. The fraction of sp³-hybridized carbons (Fsp3) is 1.00. The molecule has 0 aromatic rings. The average Bonchev–Trinajstić information content (AvgIpc) is 2.66. The van der Waals surface area contributed by atoms with Gasteiger partial charge in [0.15, 0.2) is 0 Å². The molecule has 1 aliphatic heterocycles. The van der Waals surface area contributed by atoms with E-state index < -0.39 is 0 Å². The molecule has 1 N–H and O–H groups in total. The van der Waals surface area contributed by atoms with Gasteiger partial charge in [0, 0.05) is 31.2 Å². The van der Waals surface area contributed by atoms with Gasteiger partial charge >= 0.3 is 0 Å². The molecular weight excluding hydrogens is 208 g/mol. The van der Waals surface area contributed by atoms with Crippen molar-refractivity contribution in [1.82, 2.24) is 10.2 Å². The van der Waals surface area contributed by atoms with Crippen molar-refractivity contribution in [3.8, 4) is 0 Å². The van der Waals surface area contributed by atoms with Crippen LogP contribution in [0.25, 0.3) is 0 Å². The molecule has 3 rings (SSSR count). The molecule has 1 spiro atoms. The first-order valence-electron chi connectivity index (χ1n) is 7.87. The second-order valence-electron chi connectivity index (χ2n) is 6.53. The van der Waals surface area contributed by atoms with Crippen LogP contribution >= 0.6 is 0 Å². The summed E-state index contributed by atoms with van der Waals surface area (Å²) in [6, 6.07) is 0.914. The monoisotopic (exact) mass is 236 g/mol. The Morgan fingerprint density at radius 2 is 1.59 bits per heavy atom. The highest BCUT2D eigenvalue weighted by Gasteiger charge is 2.39. The minimum Gasteiger partial charge on any atom is -0.309 e. The molecule has 1 saturated heterocycles. The van der Waals surface area contributed by atoms with Crippen LogP contribution in [0.3, 0.4) is 0 Å². The van der Waals surface area contributed by atoms with E-state index in [0.29, 0.717) is 5.54 Å². The Kier molecular flexibility index (Phi) is 3.72. The first-order valence-corrected chi connectivity index (χ1v) is 7.87. The van der Waals surface area contributed by atoms with E-state index in [2.05, 4.69) is 10.2 Å². The molecule has 0 atom stereocenters. The highest BCUT2D eigenvalue weighted by atomic mass is 15.2. The van der Waals surface area contributed by atoms with Crippen molar-refractivity contribution >= 4 is 0 Å². The van der Waals surface area contributed by atoms with Gasteiger partial charge in [-0.05, 0) is 25.7 Å². The fourth-order valence-corrected chi connectivity index (χ4v) is 4.31. The van der Waals surface area contributed by atoms with E-state index in [0.717, 1.165) is 6.04 Å². The lowest BCUT2D eigenvalue weighted by atomic mass is 9.92. The van der Waals surface area contributed by atoms with Gasteiger partial charge in [-0.2, -0.15) is 0 Å². The van der Waals surface area contributed by atoms with E-state index in [1.807, 2.05) is 0 Å². The Hall–Kier alpha value is -0.0800. The quantitative estimate of drug-likeness (QED) is 0.704. The van der Waals surface area contributed by atoms with E-state index in [4.69, 9.17) is 0 Å². The van der Waals surface area contributed by atoms with Gasteiger partial charge in [-0.15, -0.1) is 0 Å². The fourth-order valence-electron chi connectivity index (χ4n) is 4.31. The van der Waals surface area contributed by atoms with E-state index in [9.17, 15) is 0 Å². The lowest BCUT2D eigenvalue weighted by Crippen LogP contribution is -2.61. The van der Waals surface area contributed by atoms with Crippen molar-refractivity contribution in [2.75, 3.05) is 19.6 Å². The number of piperazine rings is 1. The van der Waals surface area contributed by atoms with Crippen LogP contribution in [-0.4, -0.2) is 36.1 Å². The van der Waals surface area contributed by atoms with Crippen LogP contribution in [0.4, 0.5) is 0 Å². The third-order valence-electron chi connectivity index (χ3n) is 5.31. The molecule has 0 bridgehead atoms. The van der Waals surface area contributed by atoms with Gasteiger partial charge in [0.2, 0.25) is 0 Å². The van der Waals surface area contributed by atoms with E-state index >= 15 is 0 Å². The van der Waals surface area contributed by atoms with Crippen LogP contribution in [0, 0.1) is 0 Å². The predicted molar refractivity (Wildman–Crippen MR) is 72.3 cm³/mol. The maximum atomic E-state index is 3.84. The topological polar surface area (TPSA) is 15.3 Å². The Balaban J connectivity index is 1.62. The lowest BCUT2D eigenvalue weighted by Gasteiger charge is -2.45. The molecule has 0 aromatic heterocycles. The van der Waals surface area contributed by atoms with Crippen LogP contribution in [0.5, 0.6) is 0 Å². The molecule has 2 aliphatic carbocycles. The van der Waals surface area contributed by atoms with Crippen LogP contribution in [-0.2, 0) is 0 Å². The number of hydrogen-bond donors (Lipinski definition) is 1. The van der Waals surface area contributed by atoms with Crippen molar-refractivity contribution < 1.29 is 0 Å². The highest BCUT2D eigenvalue weighted by Crippen LogP contribution is 2.34. The molecule has 2 nitrogen and oxygen atoms in total. The van der Waals surface area contributed by atoms with Gasteiger partial charge in [0.1, 0.15) is 0 Å². The number of nitrogens with zero attached hydrogens (tertiary/aromatic N) is 1. The van der Waals surface area contributed by atoms with Crippen LogP contribution in [0.15, 0.2) is 0 Å². The summed E-state index contributed by atoms with van der Waals surface area (Å²) < 4.78 is 0. The molecule has 3 aliphatic rings. The minimum absolute atomic E-state index is 0.518. The maximum Gasteiger partial charge on any atom is 0.0309 e. The predicted octanol–water partition coefficient (Wildman–Crippen LogP) is 2.93. The van der Waals surface area contributed by atoms with E-state index in [1.54, 1.807) is 0 Å². The summed E-state index contributed by atoms with van der Waals surface area (Å²) in [4.78, 5) is 2.84. The zero-order valence-electron chi connectivity index (χ0n) is 11.2.